The van der Waals surface area contributed by atoms with Crippen molar-refractivity contribution in [2.75, 3.05) is 11.9 Å². The number of anilines is 1. The molecule has 2 unspecified atom stereocenters. The van der Waals surface area contributed by atoms with Gasteiger partial charge in [0.05, 0.1) is 24.3 Å². The van der Waals surface area contributed by atoms with Gasteiger partial charge in [-0.3, -0.25) is 9.48 Å². The highest BCUT2D eigenvalue weighted by molar-refractivity contribution is 5.92. The minimum absolute atomic E-state index is 0.0440. The molecular formula is C16H20N4O. The van der Waals surface area contributed by atoms with Gasteiger partial charge in [-0.15, -0.1) is 0 Å². The number of nitrogens with zero attached hydrogens (tertiary/aromatic N) is 2. The fourth-order valence-electron chi connectivity index (χ4n) is 2.74. The summed E-state index contributed by atoms with van der Waals surface area (Å²) in [7, 11) is 0. The molecule has 1 amide bonds. The van der Waals surface area contributed by atoms with Crippen LogP contribution in [0.15, 0.2) is 42.7 Å². The van der Waals surface area contributed by atoms with E-state index in [2.05, 4.69) is 34.8 Å². The molecule has 2 aromatic rings. The monoisotopic (exact) mass is 284 g/mol. The van der Waals surface area contributed by atoms with E-state index >= 15 is 0 Å². The minimum atomic E-state index is 0.0440. The Morgan fingerprint density at radius 2 is 2.24 bits per heavy atom. The minimum Gasteiger partial charge on any atom is -0.323 e. The van der Waals surface area contributed by atoms with Gasteiger partial charge >= 0.3 is 0 Å². The molecule has 0 aliphatic carbocycles. The molecule has 2 heterocycles. The lowest BCUT2D eigenvalue weighted by Gasteiger charge is -2.13. The summed E-state index contributed by atoms with van der Waals surface area (Å²) in [5.41, 5.74) is 1.95. The molecule has 21 heavy (non-hydrogen) atoms. The van der Waals surface area contributed by atoms with Crippen molar-refractivity contribution in [2.24, 2.45) is 5.92 Å². The van der Waals surface area contributed by atoms with Crippen LogP contribution in [-0.4, -0.2) is 28.3 Å². The molecule has 1 aliphatic rings. The predicted octanol–water partition coefficient (Wildman–Crippen LogP) is 1.87. The van der Waals surface area contributed by atoms with E-state index in [1.54, 1.807) is 6.20 Å². The first-order valence-electron chi connectivity index (χ1n) is 7.33. The molecule has 0 saturated carbocycles. The molecule has 0 bridgehead atoms. The summed E-state index contributed by atoms with van der Waals surface area (Å²) in [6.07, 6.45) is 4.47. The van der Waals surface area contributed by atoms with Gasteiger partial charge in [-0.1, -0.05) is 30.3 Å². The highest BCUT2D eigenvalue weighted by atomic mass is 16.2. The quantitative estimate of drug-likeness (QED) is 0.901. The number of carbonyl (C=O) groups is 1. The first-order valence-corrected chi connectivity index (χ1v) is 7.33. The third kappa shape index (κ3) is 3.31. The Bertz CT molecular complexity index is 608. The second-order valence-corrected chi connectivity index (χ2v) is 5.54. The molecule has 110 valence electrons. The van der Waals surface area contributed by atoms with Crippen LogP contribution in [0.1, 0.15) is 18.9 Å². The first kappa shape index (κ1) is 13.8. The Labute approximate surface area is 124 Å². The number of hydrogen-bond acceptors (Lipinski definition) is 3. The topological polar surface area (TPSA) is 59.0 Å². The number of rotatable bonds is 4. The van der Waals surface area contributed by atoms with Gasteiger partial charge in [0.2, 0.25) is 5.91 Å². The van der Waals surface area contributed by atoms with Gasteiger partial charge in [-0.2, -0.15) is 5.10 Å². The standard InChI is InChI=1S/C16H20N4O/c1-12-15(7-8-17-12)16(21)19-14-9-18-20(11-14)10-13-5-3-2-4-6-13/h2-6,9,11-12,15,17H,7-8,10H2,1H3,(H,19,21). The smallest absolute Gasteiger partial charge is 0.229 e. The Morgan fingerprint density at radius 1 is 1.43 bits per heavy atom. The number of hydrogen-bond donors (Lipinski definition) is 2. The first-order chi connectivity index (χ1) is 10.2. The lowest BCUT2D eigenvalue weighted by molar-refractivity contribution is -0.120. The molecule has 1 aromatic carbocycles. The second-order valence-electron chi connectivity index (χ2n) is 5.54. The average Bonchev–Trinajstić information content (AvgIpc) is 3.09. The van der Waals surface area contributed by atoms with E-state index < -0.39 is 0 Å². The van der Waals surface area contributed by atoms with Crippen molar-refractivity contribution >= 4 is 11.6 Å². The molecule has 2 N–H and O–H groups in total. The van der Waals surface area contributed by atoms with Crippen molar-refractivity contribution in [2.45, 2.75) is 25.9 Å². The zero-order valence-electron chi connectivity index (χ0n) is 12.1. The molecule has 3 rings (SSSR count). The van der Waals surface area contributed by atoms with Gasteiger partial charge in [0.1, 0.15) is 0 Å². The molecule has 5 nitrogen and oxygen atoms in total. The van der Waals surface area contributed by atoms with Gasteiger partial charge in [0, 0.05) is 12.2 Å². The van der Waals surface area contributed by atoms with Gasteiger partial charge < -0.3 is 10.6 Å². The molecular weight excluding hydrogens is 264 g/mol. The SMILES string of the molecule is CC1NCCC1C(=O)Nc1cnn(Cc2ccccc2)c1. The zero-order chi connectivity index (χ0) is 14.7. The van der Waals surface area contributed by atoms with Crippen LogP contribution in [0.2, 0.25) is 0 Å². The van der Waals surface area contributed by atoms with Crippen LogP contribution in [0.25, 0.3) is 0 Å². The third-order valence-electron chi connectivity index (χ3n) is 3.95. The Kier molecular flexibility index (Phi) is 4.01. The van der Waals surface area contributed by atoms with Gasteiger partial charge in [0.15, 0.2) is 0 Å². The lowest BCUT2D eigenvalue weighted by atomic mass is 10.0. The number of aromatic nitrogens is 2. The van der Waals surface area contributed by atoms with Crippen molar-refractivity contribution in [3.8, 4) is 0 Å². The van der Waals surface area contributed by atoms with Crippen LogP contribution in [0.4, 0.5) is 5.69 Å². The molecule has 5 heteroatoms. The lowest BCUT2D eigenvalue weighted by Crippen LogP contribution is -2.31. The van der Waals surface area contributed by atoms with Crippen LogP contribution in [0, 0.1) is 5.92 Å². The summed E-state index contributed by atoms with van der Waals surface area (Å²) < 4.78 is 1.83. The number of benzene rings is 1. The van der Waals surface area contributed by atoms with E-state index in [9.17, 15) is 4.79 Å². The highest BCUT2D eigenvalue weighted by Crippen LogP contribution is 2.18. The van der Waals surface area contributed by atoms with Gasteiger partial charge in [0.25, 0.3) is 0 Å². The summed E-state index contributed by atoms with van der Waals surface area (Å²) in [6.45, 7) is 3.67. The maximum absolute atomic E-state index is 12.2. The van der Waals surface area contributed by atoms with Crippen LogP contribution in [0.3, 0.4) is 0 Å². The van der Waals surface area contributed by atoms with E-state index in [1.807, 2.05) is 29.1 Å². The van der Waals surface area contributed by atoms with E-state index in [0.29, 0.717) is 6.54 Å². The maximum Gasteiger partial charge on any atom is 0.229 e. The van der Waals surface area contributed by atoms with E-state index in [0.717, 1.165) is 18.7 Å². The fourth-order valence-corrected chi connectivity index (χ4v) is 2.74. The van der Waals surface area contributed by atoms with Crippen molar-refractivity contribution in [1.82, 2.24) is 15.1 Å². The summed E-state index contributed by atoms with van der Waals surface area (Å²) in [6, 6.07) is 10.4. The van der Waals surface area contributed by atoms with Crippen LogP contribution < -0.4 is 10.6 Å². The molecule has 0 radical (unpaired) electrons. The largest absolute Gasteiger partial charge is 0.323 e. The summed E-state index contributed by atoms with van der Waals surface area (Å²) in [5, 5.41) is 10.5. The predicted molar refractivity (Wildman–Crippen MR) is 82.0 cm³/mol. The Hall–Kier alpha value is -2.14. The maximum atomic E-state index is 12.2. The molecule has 2 atom stereocenters. The number of carbonyl (C=O) groups excluding carboxylic acids is 1. The summed E-state index contributed by atoms with van der Waals surface area (Å²) in [4.78, 5) is 12.2. The molecule has 0 spiro atoms. The molecule has 1 fully saturated rings. The molecule has 1 aromatic heterocycles. The molecule has 1 aliphatic heterocycles. The van der Waals surface area contributed by atoms with Crippen molar-refractivity contribution in [3.63, 3.8) is 0 Å². The van der Waals surface area contributed by atoms with E-state index in [4.69, 9.17) is 0 Å². The van der Waals surface area contributed by atoms with Gasteiger partial charge in [-0.05, 0) is 25.5 Å². The summed E-state index contributed by atoms with van der Waals surface area (Å²) >= 11 is 0. The average molecular weight is 284 g/mol. The van der Waals surface area contributed by atoms with E-state index in [-0.39, 0.29) is 17.9 Å². The third-order valence-corrected chi connectivity index (χ3v) is 3.95. The highest BCUT2D eigenvalue weighted by Gasteiger charge is 2.29. The summed E-state index contributed by atoms with van der Waals surface area (Å²) in [5.74, 6) is 0.120. The Morgan fingerprint density at radius 3 is 2.95 bits per heavy atom. The molecule has 1 saturated heterocycles. The number of amides is 1. The van der Waals surface area contributed by atoms with E-state index in [1.165, 1.54) is 5.56 Å². The van der Waals surface area contributed by atoms with Crippen LogP contribution in [0.5, 0.6) is 0 Å². The van der Waals surface area contributed by atoms with Crippen LogP contribution in [-0.2, 0) is 11.3 Å². The van der Waals surface area contributed by atoms with Crippen molar-refractivity contribution < 1.29 is 4.79 Å². The second kappa shape index (κ2) is 6.10. The zero-order valence-corrected chi connectivity index (χ0v) is 12.1. The van der Waals surface area contributed by atoms with Crippen molar-refractivity contribution in [3.05, 3.63) is 48.3 Å². The van der Waals surface area contributed by atoms with Gasteiger partial charge in [-0.25, -0.2) is 0 Å². The Balaban J connectivity index is 1.61. The van der Waals surface area contributed by atoms with Crippen LogP contribution >= 0.6 is 0 Å². The number of nitrogens with one attached hydrogen (secondary N) is 2. The fraction of sp³-hybridized carbons (Fsp3) is 0.375. The normalized spacial score (nSPS) is 21.4. The van der Waals surface area contributed by atoms with Crippen molar-refractivity contribution in [1.29, 1.82) is 0 Å².